The Morgan fingerprint density at radius 2 is 1.83 bits per heavy atom. The molecule has 0 fully saturated rings. The number of halogens is 1. The molecule has 0 aliphatic rings. The van der Waals surface area contributed by atoms with Crippen LogP contribution in [0.5, 0.6) is 11.5 Å². The number of benzene rings is 3. The summed E-state index contributed by atoms with van der Waals surface area (Å²) in [6, 6.07) is 22.2. The number of hydrogen-bond donors (Lipinski definition) is 1. The van der Waals surface area contributed by atoms with E-state index in [4.69, 9.17) is 9.47 Å². The van der Waals surface area contributed by atoms with E-state index in [1.165, 1.54) is 5.56 Å². The molecule has 182 valence electrons. The molecule has 4 aromatic rings. The maximum Gasteiger partial charge on any atom is 0.214 e. The molecule has 0 bridgehead atoms. The van der Waals surface area contributed by atoms with Crippen molar-refractivity contribution in [1.82, 2.24) is 25.5 Å². The number of aromatic nitrogens is 4. The molecule has 0 aliphatic carbocycles. The molecule has 0 atom stereocenters. The minimum Gasteiger partial charge on any atom is -0.490 e. The van der Waals surface area contributed by atoms with E-state index >= 15 is 0 Å². The lowest BCUT2D eigenvalue weighted by atomic mass is 10.1. The van der Waals surface area contributed by atoms with Gasteiger partial charge in [-0.15, -0.1) is 5.10 Å². The molecule has 35 heavy (non-hydrogen) atoms. The fraction of sp³-hybridized carbons (Fsp3) is 0.269. The molecule has 0 amide bonds. The highest BCUT2D eigenvalue weighted by Crippen LogP contribution is 2.34. The van der Waals surface area contributed by atoms with E-state index in [1.807, 2.05) is 55.5 Å². The number of nitrogens with zero attached hydrogens (tertiary/aromatic N) is 4. The van der Waals surface area contributed by atoms with Crippen molar-refractivity contribution >= 4 is 27.7 Å². The lowest BCUT2D eigenvalue weighted by Gasteiger charge is -2.16. The van der Waals surface area contributed by atoms with Crippen molar-refractivity contribution in [2.45, 2.75) is 32.2 Å². The lowest BCUT2D eigenvalue weighted by Crippen LogP contribution is -2.17. The van der Waals surface area contributed by atoms with Crippen LogP contribution >= 0.6 is 27.7 Å². The summed E-state index contributed by atoms with van der Waals surface area (Å²) in [4.78, 5) is 0. The van der Waals surface area contributed by atoms with E-state index in [9.17, 15) is 0 Å². The van der Waals surface area contributed by atoms with Gasteiger partial charge in [0.1, 0.15) is 6.61 Å². The van der Waals surface area contributed by atoms with E-state index in [2.05, 4.69) is 61.9 Å². The molecule has 0 saturated heterocycles. The zero-order valence-corrected chi connectivity index (χ0v) is 22.2. The maximum absolute atomic E-state index is 6.10. The van der Waals surface area contributed by atoms with Gasteiger partial charge in [-0.3, -0.25) is 0 Å². The molecule has 9 heteroatoms. The second-order valence-corrected chi connectivity index (χ2v) is 9.75. The number of nitrogens with one attached hydrogen (secondary N) is 1. The fourth-order valence-electron chi connectivity index (χ4n) is 3.49. The monoisotopic (exact) mass is 553 g/mol. The van der Waals surface area contributed by atoms with E-state index in [0.29, 0.717) is 19.8 Å². The summed E-state index contributed by atoms with van der Waals surface area (Å²) >= 11 is 5.31. The van der Waals surface area contributed by atoms with Gasteiger partial charge in [0, 0.05) is 23.3 Å². The van der Waals surface area contributed by atoms with Crippen molar-refractivity contribution < 1.29 is 9.47 Å². The third-order valence-electron chi connectivity index (χ3n) is 5.16. The number of ether oxygens (including phenoxy) is 2. The largest absolute Gasteiger partial charge is 0.490 e. The summed E-state index contributed by atoms with van der Waals surface area (Å²) in [6.07, 6.45) is 0. The summed E-state index contributed by atoms with van der Waals surface area (Å²) in [6.45, 7) is 6.62. The number of para-hydroxylation sites is 1. The summed E-state index contributed by atoms with van der Waals surface area (Å²) < 4.78 is 14.7. The Hall–Kier alpha value is -2.88. The van der Waals surface area contributed by atoms with Crippen molar-refractivity contribution in [1.29, 1.82) is 0 Å². The number of thioether (sulfide) groups is 1. The molecule has 0 radical (unpaired) electrons. The summed E-state index contributed by atoms with van der Waals surface area (Å²) in [7, 11) is 0. The molecule has 1 N–H and O–H groups in total. The second kappa shape index (κ2) is 12.7. The molecule has 0 aliphatic heterocycles. The van der Waals surface area contributed by atoms with Crippen LogP contribution in [-0.2, 0) is 13.2 Å². The molecule has 1 heterocycles. The fourth-order valence-corrected chi connectivity index (χ4v) is 4.74. The third kappa shape index (κ3) is 7.06. The van der Waals surface area contributed by atoms with E-state index < -0.39 is 0 Å². The van der Waals surface area contributed by atoms with Gasteiger partial charge in [-0.2, -0.15) is 4.68 Å². The Morgan fingerprint density at radius 1 is 1.00 bits per heavy atom. The predicted molar refractivity (Wildman–Crippen MR) is 142 cm³/mol. The highest BCUT2D eigenvalue weighted by atomic mass is 79.9. The van der Waals surface area contributed by atoms with Gasteiger partial charge in [-0.05, 0) is 59.7 Å². The van der Waals surface area contributed by atoms with Gasteiger partial charge < -0.3 is 14.8 Å². The van der Waals surface area contributed by atoms with E-state index in [1.54, 1.807) is 16.4 Å². The van der Waals surface area contributed by atoms with Crippen LogP contribution < -0.4 is 14.8 Å². The van der Waals surface area contributed by atoms with Gasteiger partial charge in [-0.25, -0.2) is 0 Å². The Balaban J connectivity index is 1.31. The number of rotatable bonds is 12. The van der Waals surface area contributed by atoms with Gasteiger partial charge in [0.25, 0.3) is 0 Å². The Morgan fingerprint density at radius 3 is 2.63 bits per heavy atom. The zero-order valence-electron chi connectivity index (χ0n) is 19.8. The van der Waals surface area contributed by atoms with Crippen molar-refractivity contribution in [3.63, 3.8) is 0 Å². The maximum atomic E-state index is 6.10. The summed E-state index contributed by atoms with van der Waals surface area (Å²) in [5, 5.41) is 16.3. The summed E-state index contributed by atoms with van der Waals surface area (Å²) in [5.41, 5.74) is 4.40. The van der Waals surface area contributed by atoms with Crippen LogP contribution in [0.1, 0.15) is 23.6 Å². The van der Waals surface area contributed by atoms with Crippen LogP contribution in [0, 0.1) is 6.92 Å². The average Bonchev–Trinajstić information content (AvgIpc) is 3.34. The molecule has 0 saturated carbocycles. The second-order valence-electron chi connectivity index (χ2n) is 7.84. The van der Waals surface area contributed by atoms with E-state index in [-0.39, 0.29) is 0 Å². The first-order chi connectivity index (χ1) is 17.1. The molecule has 1 aromatic heterocycles. The van der Waals surface area contributed by atoms with Crippen molar-refractivity contribution in [2.24, 2.45) is 0 Å². The quantitative estimate of drug-likeness (QED) is 0.181. The van der Waals surface area contributed by atoms with Gasteiger partial charge in [-0.1, -0.05) is 75.7 Å². The third-order valence-corrected chi connectivity index (χ3v) is 6.82. The normalized spacial score (nSPS) is 10.9. The molecule has 0 unspecified atom stereocenters. The van der Waals surface area contributed by atoms with Crippen LogP contribution in [0.4, 0.5) is 0 Å². The van der Waals surface area contributed by atoms with Crippen LogP contribution in [0.3, 0.4) is 0 Å². The predicted octanol–water partition coefficient (Wildman–Crippen LogP) is 5.59. The standard InChI is InChI=1S/C26H28BrN5O2S/c1-3-33-24-15-21(23(27)16-25(24)34-18-20-9-7-8-19(2)14-20)17-28-12-13-35-26-29-30-31-32(26)22-10-5-4-6-11-22/h4-11,14-16,28H,3,12-13,17-18H2,1-2H3. The lowest BCUT2D eigenvalue weighted by molar-refractivity contribution is 0.269. The smallest absolute Gasteiger partial charge is 0.214 e. The van der Waals surface area contributed by atoms with Crippen LogP contribution in [0.2, 0.25) is 0 Å². The van der Waals surface area contributed by atoms with Gasteiger partial charge in [0.2, 0.25) is 5.16 Å². The average molecular weight is 555 g/mol. The molecule has 7 nitrogen and oxygen atoms in total. The molecular weight excluding hydrogens is 526 g/mol. The Kier molecular flexibility index (Phi) is 9.16. The zero-order chi connectivity index (χ0) is 24.5. The minimum atomic E-state index is 0.492. The Bertz CT molecular complexity index is 1240. The molecular formula is C26H28BrN5O2S. The van der Waals surface area contributed by atoms with Crippen LogP contribution in [-0.4, -0.2) is 39.1 Å². The Labute approximate surface area is 218 Å². The first kappa shape index (κ1) is 25.2. The minimum absolute atomic E-state index is 0.492. The molecule has 0 spiro atoms. The number of hydrogen-bond acceptors (Lipinski definition) is 7. The van der Waals surface area contributed by atoms with Gasteiger partial charge in [0.15, 0.2) is 11.5 Å². The van der Waals surface area contributed by atoms with Gasteiger partial charge >= 0.3 is 0 Å². The van der Waals surface area contributed by atoms with Gasteiger partial charge in [0.05, 0.1) is 12.3 Å². The van der Waals surface area contributed by atoms with Crippen molar-refractivity contribution in [3.05, 3.63) is 87.9 Å². The first-order valence-corrected chi connectivity index (χ1v) is 13.2. The van der Waals surface area contributed by atoms with Crippen molar-refractivity contribution in [2.75, 3.05) is 18.9 Å². The molecule has 3 aromatic carbocycles. The first-order valence-electron chi connectivity index (χ1n) is 11.4. The number of aryl methyl sites for hydroxylation is 1. The SMILES string of the molecule is CCOc1cc(CNCCSc2nnnn2-c2ccccc2)c(Br)cc1OCc1cccc(C)c1. The molecule has 4 rings (SSSR count). The van der Waals surface area contributed by atoms with Crippen LogP contribution in [0.25, 0.3) is 5.69 Å². The highest BCUT2D eigenvalue weighted by molar-refractivity contribution is 9.10. The number of tetrazole rings is 1. The van der Waals surface area contributed by atoms with E-state index in [0.717, 1.165) is 50.2 Å². The summed E-state index contributed by atoms with van der Waals surface area (Å²) in [5.74, 6) is 2.31. The van der Waals surface area contributed by atoms with Crippen molar-refractivity contribution in [3.8, 4) is 17.2 Å². The highest BCUT2D eigenvalue weighted by Gasteiger charge is 2.12. The topological polar surface area (TPSA) is 74.1 Å². The van der Waals surface area contributed by atoms with Crippen LogP contribution in [0.15, 0.2) is 76.4 Å².